The smallest absolute Gasteiger partial charge is 0.261 e. The lowest BCUT2D eigenvalue weighted by atomic mass is 10.2. The third kappa shape index (κ3) is 2.51. The largest absolute Gasteiger partial charge is 0.328 e. The Hall–Kier alpha value is -1.88. The maximum Gasteiger partial charge on any atom is 0.261 e. The quantitative estimate of drug-likeness (QED) is 0.896. The number of hydrogen-bond acceptors (Lipinski definition) is 2. The summed E-state index contributed by atoms with van der Waals surface area (Å²) in [5.41, 5.74) is 1.34. The Bertz CT molecular complexity index is 649. The van der Waals surface area contributed by atoms with E-state index in [4.69, 9.17) is 0 Å². The molecule has 0 spiro atoms. The van der Waals surface area contributed by atoms with Crippen LogP contribution >= 0.6 is 15.9 Å². The van der Waals surface area contributed by atoms with E-state index in [1.165, 1.54) is 12.3 Å². The summed E-state index contributed by atoms with van der Waals surface area (Å²) in [6.45, 7) is 1.93. The van der Waals surface area contributed by atoms with Crippen LogP contribution < -0.4 is 10.9 Å². The molecular formula is C13H11BrN2O2. The second-order valence-electron chi connectivity index (χ2n) is 3.80. The molecule has 0 aliphatic rings. The molecule has 1 aromatic heterocycles. The second-order valence-corrected chi connectivity index (χ2v) is 4.60. The van der Waals surface area contributed by atoms with Crippen molar-refractivity contribution in [1.29, 1.82) is 0 Å². The van der Waals surface area contributed by atoms with Gasteiger partial charge in [-0.3, -0.25) is 9.59 Å². The van der Waals surface area contributed by atoms with E-state index < -0.39 is 11.5 Å². The van der Waals surface area contributed by atoms with Crippen molar-refractivity contribution in [3.8, 4) is 0 Å². The van der Waals surface area contributed by atoms with Gasteiger partial charge in [-0.2, -0.15) is 0 Å². The lowest BCUT2D eigenvalue weighted by Crippen LogP contribution is -2.22. The number of aryl methyl sites for hydroxylation is 1. The summed E-state index contributed by atoms with van der Waals surface area (Å²) in [6, 6.07) is 8.63. The third-order valence-electron chi connectivity index (χ3n) is 2.50. The van der Waals surface area contributed by atoms with E-state index in [0.717, 1.165) is 10.0 Å². The predicted octanol–water partition coefficient (Wildman–Crippen LogP) is 2.70. The van der Waals surface area contributed by atoms with Crippen LogP contribution in [0.3, 0.4) is 0 Å². The maximum absolute atomic E-state index is 11.9. The lowest BCUT2D eigenvalue weighted by molar-refractivity contribution is 0.102. The summed E-state index contributed by atoms with van der Waals surface area (Å²) in [5, 5.41) is 2.70. The molecule has 18 heavy (non-hydrogen) atoms. The molecular weight excluding hydrogens is 296 g/mol. The molecule has 2 N–H and O–H groups in total. The van der Waals surface area contributed by atoms with Gasteiger partial charge in [0, 0.05) is 10.7 Å². The first kappa shape index (κ1) is 12.6. The standard InChI is InChI=1S/C13H11BrN2O2/c1-8-4-2-6-10(11(8)14)16-13(18)9-5-3-7-15-12(9)17/h2-7H,1H3,(H,15,17)(H,16,18). The summed E-state index contributed by atoms with van der Waals surface area (Å²) >= 11 is 3.40. The number of anilines is 1. The van der Waals surface area contributed by atoms with E-state index >= 15 is 0 Å². The number of halogens is 1. The number of rotatable bonds is 2. The van der Waals surface area contributed by atoms with Crippen LogP contribution in [0.2, 0.25) is 0 Å². The lowest BCUT2D eigenvalue weighted by Gasteiger charge is -2.08. The first-order valence-corrected chi connectivity index (χ1v) is 6.13. The highest BCUT2D eigenvalue weighted by Gasteiger charge is 2.11. The second kappa shape index (κ2) is 5.18. The fraction of sp³-hybridized carbons (Fsp3) is 0.0769. The van der Waals surface area contributed by atoms with Crippen molar-refractivity contribution in [3.63, 3.8) is 0 Å². The topological polar surface area (TPSA) is 62.0 Å². The number of carbonyl (C=O) groups excluding carboxylic acids is 1. The van der Waals surface area contributed by atoms with Crippen LogP contribution in [0.4, 0.5) is 5.69 Å². The van der Waals surface area contributed by atoms with Crippen LogP contribution in [-0.4, -0.2) is 10.9 Å². The van der Waals surface area contributed by atoms with Crippen molar-refractivity contribution in [2.45, 2.75) is 6.92 Å². The molecule has 0 radical (unpaired) electrons. The molecule has 0 saturated heterocycles. The summed E-state index contributed by atoms with van der Waals surface area (Å²) in [7, 11) is 0. The summed E-state index contributed by atoms with van der Waals surface area (Å²) < 4.78 is 0.811. The highest BCUT2D eigenvalue weighted by atomic mass is 79.9. The minimum atomic E-state index is -0.428. The van der Waals surface area contributed by atoms with Crippen molar-refractivity contribution < 1.29 is 4.79 Å². The Kier molecular flexibility index (Phi) is 3.62. The highest BCUT2D eigenvalue weighted by Crippen LogP contribution is 2.25. The molecule has 4 nitrogen and oxygen atoms in total. The first-order valence-electron chi connectivity index (χ1n) is 5.34. The normalized spacial score (nSPS) is 10.1. The van der Waals surface area contributed by atoms with Gasteiger partial charge in [-0.15, -0.1) is 0 Å². The van der Waals surface area contributed by atoms with Gasteiger partial charge in [0.05, 0.1) is 5.69 Å². The molecule has 1 aromatic carbocycles. The summed E-state index contributed by atoms with van der Waals surface area (Å²) in [6.07, 6.45) is 1.49. The monoisotopic (exact) mass is 306 g/mol. The van der Waals surface area contributed by atoms with E-state index in [1.54, 1.807) is 12.1 Å². The Morgan fingerprint density at radius 3 is 2.78 bits per heavy atom. The fourth-order valence-electron chi connectivity index (χ4n) is 1.53. The predicted molar refractivity (Wildman–Crippen MR) is 73.9 cm³/mol. The summed E-state index contributed by atoms with van der Waals surface area (Å²) in [5.74, 6) is -0.428. The molecule has 0 saturated carbocycles. The van der Waals surface area contributed by atoms with Crippen LogP contribution in [0, 0.1) is 6.92 Å². The average molecular weight is 307 g/mol. The fourth-order valence-corrected chi connectivity index (χ4v) is 1.90. The molecule has 1 amide bonds. The van der Waals surface area contributed by atoms with Gasteiger partial charge in [-0.05, 0) is 46.6 Å². The molecule has 1 heterocycles. The van der Waals surface area contributed by atoms with Crippen LogP contribution in [0.25, 0.3) is 0 Å². The molecule has 2 aromatic rings. The number of aromatic nitrogens is 1. The molecule has 0 aliphatic heterocycles. The van der Waals surface area contributed by atoms with Crippen molar-refractivity contribution in [3.05, 3.63) is 62.5 Å². The number of hydrogen-bond donors (Lipinski definition) is 2. The minimum absolute atomic E-state index is 0.0888. The molecule has 0 unspecified atom stereocenters. The number of nitrogens with one attached hydrogen (secondary N) is 2. The van der Waals surface area contributed by atoms with Gasteiger partial charge in [0.2, 0.25) is 0 Å². The molecule has 0 fully saturated rings. The molecule has 2 rings (SSSR count). The SMILES string of the molecule is Cc1cccc(NC(=O)c2ccc[nH]c2=O)c1Br. The Morgan fingerprint density at radius 2 is 2.06 bits per heavy atom. The van der Waals surface area contributed by atoms with E-state index in [1.807, 2.05) is 19.1 Å². The van der Waals surface area contributed by atoms with Crippen molar-refractivity contribution in [2.24, 2.45) is 0 Å². The van der Waals surface area contributed by atoms with E-state index in [9.17, 15) is 9.59 Å². The van der Waals surface area contributed by atoms with Crippen molar-refractivity contribution in [2.75, 3.05) is 5.32 Å². The summed E-state index contributed by atoms with van der Waals surface area (Å²) in [4.78, 5) is 25.9. The molecule has 0 aliphatic carbocycles. The van der Waals surface area contributed by atoms with Crippen LogP contribution in [0.15, 0.2) is 45.8 Å². The molecule has 92 valence electrons. The first-order chi connectivity index (χ1) is 8.59. The number of H-pyrrole nitrogens is 1. The van der Waals surface area contributed by atoms with Crippen molar-refractivity contribution >= 4 is 27.5 Å². The van der Waals surface area contributed by atoms with Gasteiger partial charge in [0.1, 0.15) is 5.56 Å². The van der Waals surface area contributed by atoms with Crippen LogP contribution in [0.1, 0.15) is 15.9 Å². The number of pyridine rings is 1. The van der Waals surface area contributed by atoms with E-state index in [2.05, 4.69) is 26.2 Å². The van der Waals surface area contributed by atoms with Gasteiger partial charge >= 0.3 is 0 Å². The zero-order chi connectivity index (χ0) is 13.1. The number of aromatic amines is 1. The molecule has 5 heteroatoms. The Morgan fingerprint density at radius 1 is 1.28 bits per heavy atom. The highest BCUT2D eigenvalue weighted by molar-refractivity contribution is 9.10. The zero-order valence-corrected chi connectivity index (χ0v) is 11.2. The average Bonchev–Trinajstić information content (AvgIpc) is 2.35. The maximum atomic E-state index is 11.9. The van der Waals surface area contributed by atoms with Gasteiger partial charge in [-0.25, -0.2) is 0 Å². The zero-order valence-electron chi connectivity index (χ0n) is 9.66. The molecule has 0 bridgehead atoms. The number of carbonyl (C=O) groups is 1. The van der Waals surface area contributed by atoms with Crippen LogP contribution in [-0.2, 0) is 0 Å². The Labute approximate surface area is 112 Å². The van der Waals surface area contributed by atoms with Gasteiger partial charge < -0.3 is 10.3 Å². The van der Waals surface area contributed by atoms with Crippen molar-refractivity contribution in [1.82, 2.24) is 4.98 Å². The van der Waals surface area contributed by atoms with Gasteiger partial charge in [0.25, 0.3) is 11.5 Å². The number of benzene rings is 1. The van der Waals surface area contributed by atoms with E-state index in [0.29, 0.717) is 5.69 Å². The minimum Gasteiger partial charge on any atom is -0.328 e. The van der Waals surface area contributed by atoms with Gasteiger partial charge in [0.15, 0.2) is 0 Å². The van der Waals surface area contributed by atoms with E-state index in [-0.39, 0.29) is 5.56 Å². The van der Waals surface area contributed by atoms with Crippen LogP contribution in [0.5, 0.6) is 0 Å². The molecule has 0 atom stereocenters. The third-order valence-corrected chi connectivity index (χ3v) is 3.56. The van der Waals surface area contributed by atoms with Gasteiger partial charge in [-0.1, -0.05) is 12.1 Å². The Balaban J connectivity index is 2.30. The number of amides is 1.